The van der Waals surface area contributed by atoms with Crippen molar-refractivity contribution < 1.29 is 23.2 Å². The molecular formula is C12H16N2O6S. The molecule has 0 aliphatic rings. The van der Waals surface area contributed by atoms with E-state index < -0.39 is 26.8 Å². The first-order valence-corrected chi connectivity index (χ1v) is 7.45. The van der Waals surface area contributed by atoms with Crippen molar-refractivity contribution in [1.82, 2.24) is 4.31 Å². The molecule has 0 saturated heterocycles. The van der Waals surface area contributed by atoms with Gasteiger partial charge in [0.25, 0.3) is 5.69 Å². The number of non-ortho nitro benzene ring substituents is 1. The van der Waals surface area contributed by atoms with E-state index in [4.69, 9.17) is 5.11 Å². The Morgan fingerprint density at radius 2 is 2.05 bits per heavy atom. The highest BCUT2D eigenvalue weighted by molar-refractivity contribution is 7.89. The summed E-state index contributed by atoms with van der Waals surface area (Å²) in [7, 11) is -2.75. The van der Waals surface area contributed by atoms with Crippen LogP contribution in [0.15, 0.2) is 23.1 Å². The van der Waals surface area contributed by atoms with Gasteiger partial charge >= 0.3 is 5.97 Å². The van der Waals surface area contributed by atoms with Crippen molar-refractivity contribution in [1.29, 1.82) is 0 Å². The number of hydrogen-bond donors (Lipinski definition) is 1. The largest absolute Gasteiger partial charge is 0.481 e. The normalized spacial score (nSPS) is 13.1. The number of carboxylic acids is 1. The molecule has 0 fully saturated rings. The zero-order valence-corrected chi connectivity index (χ0v) is 12.6. The van der Waals surface area contributed by atoms with Crippen LogP contribution in [0, 0.1) is 23.0 Å². The number of nitrogens with zero attached hydrogens (tertiary/aromatic N) is 2. The van der Waals surface area contributed by atoms with E-state index in [1.54, 1.807) is 0 Å². The van der Waals surface area contributed by atoms with E-state index in [9.17, 15) is 23.3 Å². The summed E-state index contributed by atoms with van der Waals surface area (Å²) in [6.07, 6.45) is 0. The monoisotopic (exact) mass is 316 g/mol. The van der Waals surface area contributed by atoms with Crippen LogP contribution in [0.5, 0.6) is 0 Å². The van der Waals surface area contributed by atoms with Gasteiger partial charge in [0.2, 0.25) is 10.0 Å². The van der Waals surface area contributed by atoms with Crippen molar-refractivity contribution in [3.63, 3.8) is 0 Å². The lowest BCUT2D eigenvalue weighted by Crippen LogP contribution is -2.34. The van der Waals surface area contributed by atoms with Gasteiger partial charge in [-0.15, -0.1) is 0 Å². The van der Waals surface area contributed by atoms with Crippen LogP contribution < -0.4 is 0 Å². The summed E-state index contributed by atoms with van der Waals surface area (Å²) >= 11 is 0. The minimum absolute atomic E-state index is 0.197. The van der Waals surface area contributed by atoms with Crippen LogP contribution in [0.4, 0.5) is 5.69 Å². The third-order valence-corrected chi connectivity index (χ3v) is 4.99. The molecule has 0 radical (unpaired) electrons. The Balaban J connectivity index is 3.21. The number of aryl methyl sites for hydroxylation is 1. The Bertz CT molecular complexity index is 670. The predicted molar refractivity (Wildman–Crippen MR) is 74.4 cm³/mol. The maximum atomic E-state index is 12.4. The van der Waals surface area contributed by atoms with E-state index in [0.29, 0.717) is 5.56 Å². The molecule has 0 saturated carbocycles. The number of nitro groups is 1. The fourth-order valence-electron chi connectivity index (χ4n) is 1.71. The molecule has 0 bridgehead atoms. The number of aliphatic carboxylic acids is 1. The van der Waals surface area contributed by atoms with Crippen LogP contribution in [-0.2, 0) is 14.8 Å². The first-order valence-electron chi connectivity index (χ1n) is 6.01. The van der Waals surface area contributed by atoms with Gasteiger partial charge in [-0.25, -0.2) is 12.7 Å². The second-order valence-corrected chi connectivity index (χ2v) is 6.75. The van der Waals surface area contributed by atoms with Crippen LogP contribution in [-0.4, -0.2) is 42.3 Å². The summed E-state index contributed by atoms with van der Waals surface area (Å²) in [5, 5.41) is 19.6. The lowest BCUT2D eigenvalue weighted by molar-refractivity contribution is -0.385. The highest BCUT2D eigenvalue weighted by atomic mass is 32.2. The van der Waals surface area contributed by atoms with Crippen molar-refractivity contribution in [2.45, 2.75) is 18.7 Å². The van der Waals surface area contributed by atoms with E-state index in [0.717, 1.165) is 10.4 Å². The van der Waals surface area contributed by atoms with Crippen LogP contribution >= 0.6 is 0 Å². The molecule has 1 aromatic rings. The molecule has 1 rings (SSSR count). The molecule has 1 aromatic carbocycles. The van der Waals surface area contributed by atoms with E-state index >= 15 is 0 Å². The number of rotatable bonds is 6. The summed E-state index contributed by atoms with van der Waals surface area (Å²) in [6, 6.07) is 3.54. The van der Waals surface area contributed by atoms with Crippen molar-refractivity contribution in [2.24, 2.45) is 5.92 Å². The molecule has 1 unspecified atom stereocenters. The molecule has 0 aliphatic carbocycles. The summed E-state index contributed by atoms with van der Waals surface area (Å²) in [4.78, 5) is 20.7. The van der Waals surface area contributed by atoms with Gasteiger partial charge in [0, 0.05) is 25.7 Å². The maximum absolute atomic E-state index is 12.4. The average molecular weight is 316 g/mol. The van der Waals surface area contributed by atoms with E-state index in [2.05, 4.69) is 0 Å². The van der Waals surface area contributed by atoms with Crippen LogP contribution in [0.2, 0.25) is 0 Å². The number of hydrogen-bond acceptors (Lipinski definition) is 5. The maximum Gasteiger partial charge on any atom is 0.307 e. The molecule has 9 heteroatoms. The van der Waals surface area contributed by atoms with Crippen molar-refractivity contribution in [2.75, 3.05) is 13.6 Å². The molecule has 116 valence electrons. The highest BCUT2D eigenvalue weighted by Crippen LogP contribution is 2.24. The van der Waals surface area contributed by atoms with Crippen LogP contribution in [0.25, 0.3) is 0 Å². The number of benzene rings is 1. The lowest BCUT2D eigenvalue weighted by Gasteiger charge is -2.20. The molecule has 0 aromatic heterocycles. The smallest absolute Gasteiger partial charge is 0.307 e. The van der Waals surface area contributed by atoms with E-state index in [1.807, 2.05) is 0 Å². The summed E-state index contributed by atoms with van der Waals surface area (Å²) in [6.45, 7) is 2.68. The minimum atomic E-state index is -3.99. The summed E-state index contributed by atoms with van der Waals surface area (Å²) in [5.41, 5.74) is 0.0225. The quantitative estimate of drug-likeness (QED) is 0.623. The molecule has 1 atom stereocenters. The van der Waals surface area contributed by atoms with Gasteiger partial charge < -0.3 is 5.11 Å². The van der Waals surface area contributed by atoms with Gasteiger partial charge in [-0.3, -0.25) is 14.9 Å². The third-order valence-electron chi connectivity index (χ3n) is 3.02. The van der Waals surface area contributed by atoms with E-state index in [1.165, 1.54) is 33.0 Å². The van der Waals surface area contributed by atoms with Gasteiger partial charge in [0.05, 0.1) is 15.7 Å². The molecule has 0 aliphatic heterocycles. The van der Waals surface area contributed by atoms with Gasteiger partial charge in [-0.05, 0) is 12.5 Å². The topological polar surface area (TPSA) is 118 Å². The van der Waals surface area contributed by atoms with E-state index in [-0.39, 0.29) is 17.1 Å². The third kappa shape index (κ3) is 3.76. The number of carboxylic acid groups (broad SMARTS) is 1. The summed E-state index contributed by atoms with van der Waals surface area (Å²) in [5.74, 6) is -2.00. The molecular weight excluding hydrogens is 300 g/mol. The Morgan fingerprint density at radius 3 is 2.52 bits per heavy atom. The average Bonchev–Trinajstić information content (AvgIpc) is 2.38. The van der Waals surface area contributed by atoms with Crippen LogP contribution in [0.3, 0.4) is 0 Å². The Morgan fingerprint density at radius 1 is 1.48 bits per heavy atom. The second kappa shape index (κ2) is 6.19. The number of carbonyl (C=O) groups is 1. The zero-order valence-electron chi connectivity index (χ0n) is 11.8. The Hall–Kier alpha value is -2.00. The zero-order chi connectivity index (χ0) is 16.4. The minimum Gasteiger partial charge on any atom is -0.481 e. The van der Waals surface area contributed by atoms with Crippen molar-refractivity contribution in [3.8, 4) is 0 Å². The first-order chi connectivity index (χ1) is 9.57. The fraction of sp³-hybridized carbons (Fsp3) is 0.417. The molecule has 0 spiro atoms. The molecule has 0 heterocycles. The van der Waals surface area contributed by atoms with Crippen LogP contribution in [0.1, 0.15) is 12.5 Å². The standard InChI is InChI=1S/C12H16N2O6S/c1-8-4-5-10(14(17)18)6-11(8)21(19,20)13(3)7-9(2)12(15)16/h4-6,9H,7H2,1-3H3,(H,15,16). The predicted octanol–water partition coefficient (Wildman–Crippen LogP) is 1.24. The lowest BCUT2D eigenvalue weighted by atomic mass is 10.2. The number of nitro benzene ring substituents is 1. The van der Waals surface area contributed by atoms with Crippen molar-refractivity contribution in [3.05, 3.63) is 33.9 Å². The first kappa shape index (κ1) is 17.1. The van der Waals surface area contributed by atoms with Gasteiger partial charge in [0.1, 0.15) is 0 Å². The second-order valence-electron chi connectivity index (χ2n) is 4.73. The van der Waals surface area contributed by atoms with Crippen molar-refractivity contribution >= 4 is 21.7 Å². The molecule has 1 N–H and O–H groups in total. The molecule has 21 heavy (non-hydrogen) atoms. The molecule has 8 nitrogen and oxygen atoms in total. The summed E-state index contributed by atoms with van der Waals surface area (Å²) < 4.78 is 25.7. The Kier molecular flexibility index (Phi) is 5.02. The van der Waals surface area contributed by atoms with Gasteiger partial charge in [0.15, 0.2) is 0 Å². The SMILES string of the molecule is Cc1ccc([N+](=O)[O-])cc1S(=O)(=O)N(C)CC(C)C(=O)O. The van der Waals surface area contributed by atoms with Gasteiger partial charge in [-0.1, -0.05) is 13.0 Å². The highest BCUT2D eigenvalue weighted by Gasteiger charge is 2.27. The number of sulfonamides is 1. The Labute approximate surface area is 122 Å². The fourth-order valence-corrected chi connectivity index (χ4v) is 3.21. The molecule has 0 amide bonds. The van der Waals surface area contributed by atoms with Gasteiger partial charge in [-0.2, -0.15) is 0 Å².